The number of hydrogen-bond donors (Lipinski definition) is 0. The number of methoxy groups -OCH3 is 1. The molecule has 1 fully saturated rings. The Morgan fingerprint density at radius 2 is 2.04 bits per heavy atom. The minimum atomic E-state index is 0.199. The van der Waals surface area contributed by atoms with Crippen molar-refractivity contribution in [3.05, 3.63) is 51.2 Å². The van der Waals surface area contributed by atoms with Crippen LogP contribution < -0.4 is 4.74 Å². The minimum absolute atomic E-state index is 0.199. The molecule has 23 heavy (non-hydrogen) atoms. The van der Waals surface area contributed by atoms with Crippen LogP contribution in [0.15, 0.2) is 30.3 Å². The summed E-state index contributed by atoms with van der Waals surface area (Å²) < 4.78 is 5.23. The van der Waals surface area contributed by atoms with E-state index in [0.29, 0.717) is 0 Å². The van der Waals surface area contributed by atoms with Gasteiger partial charge in [0.2, 0.25) is 0 Å². The van der Waals surface area contributed by atoms with Crippen molar-refractivity contribution < 1.29 is 9.53 Å². The van der Waals surface area contributed by atoms with E-state index in [0.717, 1.165) is 42.9 Å². The summed E-state index contributed by atoms with van der Waals surface area (Å²) in [7, 11) is 1.68. The van der Waals surface area contributed by atoms with Gasteiger partial charge >= 0.3 is 0 Å². The Morgan fingerprint density at radius 3 is 2.78 bits per heavy atom. The SMILES string of the molecule is COc1ccc([C@H]2CCCN2C(=O)c2cc3c(s2)CCC3)cc1. The average molecular weight is 327 g/mol. The van der Waals surface area contributed by atoms with Crippen molar-refractivity contribution in [1.29, 1.82) is 0 Å². The van der Waals surface area contributed by atoms with Crippen LogP contribution in [0.4, 0.5) is 0 Å². The number of benzene rings is 1. The van der Waals surface area contributed by atoms with Crippen LogP contribution in [0.1, 0.15) is 51.0 Å². The number of carbonyl (C=O) groups excluding carboxylic acids is 1. The lowest BCUT2D eigenvalue weighted by molar-refractivity contribution is 0.0740. The molecule has 0 spiro atoms. The van der Waals surface area contributed by atoms with Crippen molar-refractivity contribution >= 4 is 17.2 Å². The first-order valence-corrected chi connectivity index (χ1v) is 9.14. The fraction of sp³-hybridized carbons (Fsp3) is 0.421. The molecule has 1 atom stereocenters. The Labute approximate surface area is 140 Å². The molecular formula is C19H21NO2S. The predicted octanol–water partition coefficient (Wildman–Crippen LogP) is 4.22. The van der Waals surface area contributed by atoms with Gasteiger partial charge in [-0.2, -0.15) is 0 Å². The number of rotatable bonds is 3. The maximum Gasteiger partial charge on any atom is 0.264 e. The lowest BCUT2D eigenvalue weighted by atomic mass is 10.0. The molecule has 0 radical (unpaired) electrons. The van der Waals surface area contributed by atoms with E-state index < -0.39 is 0 Å². The van der Waals surface area contributed by atoms with Crippen molar-refractivity contribution in [2.24, 2.45) is 0 Å². The van der Waals surface area contributed by atoms with Crippen LogP contribution in [0.3, 0.4) is 0 Å². The molecule has 1 aromatic heterocycles. The van der Waals surface area contributed by atoms with Crippen molar-refractivity contribution in [2.45, 2.75) is 38.1 Å². The molecule has 1 aliphatic heterocycles. The Kier molecular flexibility index (Phi) is 3.85. The first-order valence-electron chi connectivity index (χ1n) is 8.33. The smallest absolute Gasteiger partial charge is 0.264 e. The van der Waals surface area contributed by atoms with Gasteiger partial charge in [-0.1, -0.05) is 12.1 Å². The third-order valence-corrected chi connectivity index (χ3v) is 6.20. The summed E-state index contributed by atoms with van der Waals surface area (Å²) in [6.07, 6.45) is 5.65. The summed E-state index contributed by atoms with van der Waals surface area (Å²) in [6, 6.07) is 10.5. The Bertz CT molecular complexity index is 698. The summed E-state index contributed by atoms with van der Waals surface area (Å²) in [5.41, 5.74) is 2.61. The first kappa shape index (κ1) is 14.8. The van der Waals surface area contributed by atoms with Gasteiger partial charge in [0.15, 0.2) is 0 Å². The normalized spacial score (nSPS) is 19.9. The van der Waals surface area contributed by atoms with E-state index in [9.17, 15) is 4.79 Å². The second kappa shape index (κ2) is 6.00. The number of aryl methyl sites for hydroxylation is 2. The average Bonchev–Trinajstić information content (AvgIpc) is 3.29. The monoisotopic (exact) mass is 327 g/mol. The number of thiophene rings is 1. The maximum atomic E-state index is 13.0. The van der Waals surface area contributed by atoms with Crippen LogP contribution in [0.25, 0.3) is 0 Å². The second-order valence-electron chi connectivity index (χ2n) is 6.34. The van der Waals surface area contributed by atoms with E-state index in [4.69, 9.17) is 4.74 Å². The fourth-order valence-corrected chi connectivity index (χ4v) is 4.97. The van der Waals surface area contributed by atoms with Gasteiger partial charge in [-0.05, 0) is 61.4 Å². The molecule has 3 nitrogen and oxygen atoms in total. The molecule has 0 saturated carbocycles. The fourth-order valence-electron chi connectivity index (χ4n) is 3.76. The summed E-state index contributed by atoms with van der Waals surface area (Å²) in [5, 5.41) is 0. The molecule has 120 valence electrons. The minimum Gasteiger partial charge on any atom is -0.497 e. The summed E-state index contributed by atoms with van der Waals surface area (Å²) in [6.45, 7) is 0.859. The quantitative estimate of drug-likeness (QED) is 0.844. The molecule has 2 aliphatic rings. The highest BCUT2D eigenvalue weighted by molar-refractivity contribution is 7.14. The zero-order valence-corrected chi connectivity index (χ0v) is 14.2. The number of amides is 1. The molecule has 1 aliphatic carbocycles. The highest BCUT2D eigenvalue weighted by Gasteiger charge is 2.32. The van der Waals surface area contributed by atoms with Gasteiger partial charge in [0.1, 0.15) is 5.75 Å². The molecule has 0 unspecified atom stereocenters. The Balaban J connectivity index is 1.57. The molecule has 1 amide bonds. The number of fused-ring (bicyclic) bond motifs is 1. The topological polar surface area (TPSA) is 29.5 Å². The molecule has 1 saturated heterocycles. The molecule has 1 aromatic carbocycles. The van der Waals surface area contributed by atoms with Crippen LogP contribution in [0.2, 0.25) is 0 Å². The molecule has 2 aromatic rings. The van der Waals surface area contributed by atoms with Crippen molar-refractivity contribution in [3.8, 4) is 5.75 Å². The van der Waals surface area contributed by atoms with Crippen LogP contribution in [-0.2, 0) is 12.8 Å². The van der Waals surface area contributed by atoms with Gasteiger partial charge < -0.3 is 9.64 Å². The van der Waals surface area contributed by atoms with Crippen molar-refractivity contribution in [2.75, 3.05) is 13.7 Å². The number of nitrogens with zero attached hydrogens (tertiary/aromatic N) is 1. The standard InChI is InChI=1S/C19H21NO2S/c1-22-15-9-7-13(8-10-15)16-5-3-11-20(16)19(21)18-12-14-4-2-6-17(14)23-18/h7-10,12,16H,2-6,11H2,1H3/t16-/m1/s1. The Morgan fingerprint density at radius 1 is 1.22 bits per heavy atom. The van der Waals surface area contributed by atoms with E-state index in [-0.39, 0.29) is 11.9 Å². The molecule has 4 heteroatoms. The van der Waals surface area contributed by atoms with Crippen LogP contribution in [0.5, 0.6) is 5.75 Å². The van der Waals surface area contributed by atoms with Crippen molar-refractivity contribution in [3.63, 3.8) is 0 Å². The van der Waals surface area contributed by atoms with Gasteiger partial charge in [-0.25, -0.2) is 0 Å². The lowest BCUT2D eigenvalue weighted by Crippen LogP contribution is -2.29. The highest BCUT2D eigenvalue weighted by atomic mass is 32.1. The number of carbonyl (C=O) groups is 1. The van der Waals surface area contributed by atoms with E-state index in [1.54, 1.807) is 18.4 Å². The maximum absolute atomic E-state index is 13.0. The molecular weight excluding hydrogens is 306 g/mol. The molecule has 0 bridgehead atoms. The highest BCUT2D eigenvalue weighted by Crippen LogP contribution is 2.37. The van der Waals surface area contributed by atoms with E-state index in [1.807, 2.05) is 12.1 Å². The number of ether oxygens (including phenoxy) is 1. The van der Waals surface area contributed by atoms with Crippen LogP contribution in [0, 0.1) is 0 Å². The summed E-state index contributed by atoms with van der Waals surface area (Å²) >= 11 is 1.71. The van der Waals surface area contributed by atoms with E-state index in [2.05, 4.69) is 23.1 Å². The third-order valence-electron chi connectivity index (χ3n) is 4.97. The molecule has 0 N–H and O–H groups in total. The zero-order valence-electron chi connectivity index (χ0n) is 13.4. The van der Waals surface area contributed by atoms with E-state index >= 15 is 0 Å². The van der Waals surface area contributed by atoms with Gasteiger partial charge in [0.25, 0.3) is 5.91 Å². The van der Waals surface area contributed by atoms with Gasteiger partial charge in [0.05, 0.1) is 18.0 Å². The van der Waals surface area contributed by atoms with Crippen molar-refractivity contribution in [1.82, 2.24) is 4.90 Å². The Hall–Kier alpha value is -1.81. The second-order valence-corrected chi connectivity index (χ2v) is 7.48. The van der Waals surface area contributed by atoms with Gasteiger partial charge in [-0.15, -0.1) is 11.3 Å². The van der Waals surface area contributed by atoms with Gasteiger partial charge in [-0.3, -0.25) is 4.79 Å². The summed E-state index contributed by atoms with van der Waals surface area (Å²) in [5.74, 6) is 1.07. The largest absolute Gasteiger partial charge is 0.497 e. The number of hydrogen-bond acceptors (Lipinski definition) is 3. The molecule has 4 rings (SSSR count). The van der Waals surface area contributed by atoms with Crippen LogP contribution in [-0.4, -0.2) is 24.5 Å². The predicted molar refractivity (Wildman–Crippen MR) is 92.3 cm³/mol. The third kappa shape index (κ3) is 2.65. The summed E-state index contributed by atoms with van der Waals surface area (Å²) in [4.78, 5) is 17.4. The molecule has 2 heterocycles. The van der Waals surface area contributed by atoms with E-state index in [1.165, 1.54) is 22.4 Å². The number of likely N-dealkylation sites (tertiary alicyclic amines) is 1. The van der Waals surface area contributed by atoms with Gasteiger partial charge in [0, 0.05) is 11.4 Å². The van der Waals surface area contributed by atoms with Crippen LogP contribution >= 0.6 is 11.3 Å². The first-order chi connectivity index (χ1) is 11.3. The lowest BCUT2D eigenvalue weighted by Gasteiger charge is -2.24. The zero-order chi connectivity index (χ0) is 15.8.